The lowest BCUT2D eigenvalue weighted by Gasteiger charge is -2.35. The number of carbonyl (C=O) groups excluding carboxylic acids is 2. The van der Waals surface area contributed by atoms with E-state index in [9.17, 15) is 28.1 Å². The van der Waals surface area contributed by atoms with Gasteiger partial charge in [-0.15, -0.1) is 0 Å². The van der Waals surface area contributed by atoms with Crippen molar-refractivity contribution in [1.29, 1.82) is 0 Å². The second-order valence-corrected chi connectivity index (χ2v) is 8.51. The van der Waals surface area contributed by atoms with E-state index in [1.165, 1.54) is 26.8 Å². The van der Waals surface area contributed by atoms with Crippen LogP contribution in [-0.2, 0) is 15.0 Å². The summed E-state index contributed by atoms with van der Waals surface area (Å²) in [6.07, 6.45) is 0. The number of nitrogens with zero attached hydrogens (tertiary/aromatic N) is 4. The molecule has 0 bridgehead atoms. The fourth-order valence-corrected chi connectivity index (χ4v) is 4.64. The SMILES string of the molecule is CCN(CC)S(=O)(=O)N1CCN(CC(=O)NNC(=O)c2cccc([N+](=O)[O-])c2)CC1. The normalized spacial score (nSPS) is 15.7. The maximum Gasteiger partial charge on any atom is 0.282 e. The van der Waals surface area contributed by atoms with Crippen LogP contribution < -0.4 is 10.9 Å². The van der Waals surface area contributed by atoms with Crippen LogP contribution in [0.25, 0.3) is 0 Å². The summed E-state index contributed by atoms with van der Waals surface area (Å²) in [6, 6.07) is 5.14. The molecule has 1 heterocycles. The van der Waals surface area contributed by atoms with Crippen LogP contribution in [0.2, 0.25) is 0 Å². The van der Waals surface area contributed by atoms with Crippen molar-refractivity contribution >= 4 is 27.7 Å². The summed E-state index contributed by atoms with van der Waals surface area (Å²) in [6.45, 7) is 5.64. The molecule has 1 aromatic carbocycles. The molecule has 13 heteroatoms. The molecule has 166 valence electrons. The fourth-order valence-electron chi connectivity index (χ4n) is 3.03. The van der Waals surface area contributed by atoms with Gasteiger partial charge in [-0.05, 0) is 6.07 Å². The molecule has 2 amide bonds. The number of nitro groups is 1. The number of carbonyl (C=O) groups is 2. The Labute approximate surface area is 175 Å². The molecule has 0 radical (unpaired) electrons. The predicted octanol–water partition coefficient (Wildman–Crippen LogP) is -0.440. The number of hydrogen-bond donors (Lipinski definition) is 2. The fraction of sp³-hybridized carbons (Fsp3) is 0.529. The molecule has 0 atom stereocenters. The van der Waals surface area contributed by atoms with Gasteiger partial charge in [-0.3, -0.25) is 35.5 Å². The van der Waals surface area contributed by atoms with E-state index in [1.54, 1.807) is 18.7 Å². The van der Waals surface area contributed by atoms with Crippen LogP contribution in [-0.4, -0.2) is 84.5 Å². The molecular formula is C17H26N6O6S. The average molecular weight is 442 g/mol. The van der Waals surface area contributed by atoms with Gasteiger partial charge in [0.1, 0.15) is 0 Å². The van der Waals surface area contributed by atoms with Gasteiger partial charge in [0.25, 0.3) is 27.7 Å². The minimum atomic E-state index is -3.50. The zero-order chi connectivity index (χ0) is 22.3. The molecule has 2 rings (SSSR count). The van der Waals surface area contributed by atoms with Crippen LogP contribution in [0.1, 0.15) is 24.2 Å². The molecule has 0 aromatic heterocycles. The highest BCUT2D eigenvalue weighted by atomic mass is 32.2. The number of non-ortho nitro benzene ring substituents is 1. The van der Waals surface area contributed by atoms with Gasteiger partial charge in [0.15, 0.2) is 0 Å². The van der Waals surface area contributed by atoms with Crippen LogP contribution in [0.15, 0.2) is 24.3 Å². The lowest BCUT2D eigenvalue weighted by Crippen LogP contribution is -2.55. The van der Waals surface area contributed by atoms with Gasteiger partial charge in [-0.25, -0.2) is 0 Å². The van der Waals surface area contributed by atoms with Crippen molar-refractivity contribution in [2.75, 3.05) is 45.8 Å². The van der Waals surface area contributed by atoms with Crippen LogP contribution in [0, 0.1) is 10.1 Å². The van der Waals surface area contributed by atoms with Gasteiger partial charge < -0.3 is 0 Å². The molecule has 1 aliphatic rings. The van der Waals surface area contributed by atoms with Gasteiger partial charge in [-0.2, -0.15) is 17.0 Å². The molecule has 0 aliphatic carbocycles. The molecule has 0 unspecified atom stereocenters. The van der Waals surface area contributed by atoms with Gasteiger partial charge in [-0.1, -0.05) is 19.9 Å². The van der Waals surface area contributed by atoms with Gasteiger partial charge in [0.2, 0.25) is 0 Å². The Morgan fingerprint density at radius 1 is 1.13 bits per heavy atom. The Morgan fingerprint density at radius 2 is 1.77 bits per heavy atom. The number of amides is 2. The van der Waals surface area contributed by atoms with Crippen LogP contribution in [0.4, 0.5) is 5.69 Å². The minimum absolute atomic E-state index is 0.0195. The van der Waals surface area contributed by atoms with E-state index < -0.39 is 26.9 Å². The summed E-state index contributed by atoms with van der Waals surface area (Å²) in [5, 5.41) is 10.8. The van der Waals surface area contributed by atoms with Crippen molar-refractivity contribution in [3.8, 4) is 0 Å². The molecule has 0 saturated carbocycles. The van der Waals surface area contributed by atoms with E-state index in [-0.39, 0.29) is 30.9 Å². The quantitative estimate of drug-likeness (QED) is 0.410. The van der Waals surface area contributed by atoms with E-state index in [0.29, 0.717) is 26.2 Å². The molecule has 0 spiro atoms. The number of rotatable bonds is 8. The minimum Gasteiger partial charge on any atom is -0.292 e. The molecule has 1 aromatic rings. The lowest BCUT2D eigenvalue weighted by atomic mass is 10.2. The van der Waals surface area contributed by atoms with Gasteiger partial charge in [0.05, 0.1) is 11.5 Å². The van der Waals surface area contributed by atoms with Crippen LogP contribution in [0.5, 0.6) is 0 Å². The van der Waals surface area contributed by atoms with E-state index >= 15 is 0 Å². The summed E-state index contributed by atoms with van der Waals surface area (Å²) in [4.78, 5) is 36.1. The third-order valence-corrected chi connectivity index (χ3v) is 6.88. The first-order valence-electron chi connectivity index (χ1n) is 9.50. The standard InChI is InChI=1S/C17H26N6O6S/c1-3-21(4-2)30(28,29)22-10-8-20(9-11-22)13-16(24)18-19-17(25)14-6-5-7-15(12-14)23(26)27/h5-7,12H,3-4,8-11,13H2,1-2H3,(H,18,24)(H,19,25). The van der Waals surface area contributed by atoms with Gasteiger partial charge in [0, 0.05) is 57.0 Å². The third-order valence-electron chi connectivity index (χ3n) is 4.69. The van der Waals surface area contributed by atoms with Crippen molar-refractivity contribution in [3.63, 3.8) is 0 Å². The third kappa shape index (κ3) is 5.95. The Hall–Kier alpha value is -2.61. The Balaban J connectivity index is 1.81. The lowest BCUT2D eigenvalue weighted by molar-refractivity contribution is -0.384. The van der Waals surface area contributed by atoms with E-state index in [4.69, 9.17) is 0 Å². The largest absolute Gasteiger partial charge is 0.292 e. The topological polar surface area (TPSA) is 145 Å². The van der Waals surface area contributed by atoms with Gasteiger partial charge >= 0.3 is 0 Å². The molecule has 30 heavy (non-hydrogen) atoms. The Kier molecular flexibility index (Phi) is 8.23. The van der Waals surface area contributed by atoms with Crippen LogP contribution in [0.3, 0.4) is 0 Å². The first-order chi connectivity index (χ1) is 14.2. The number of hydrazine groups is 1. The van der Waals surface area contributed by atoms with E-state index in [2.05, 4.69) is 10.9 Å². The maximum absolute atomic E-state index is 12.5. The summed E-state index contributed by atoms with van der Waals surface area (Å²) in [5.41, 5.74) is 4.29. The number of hydrogen-bond acceptors (Lipinski definition) is 7. The van der Waals surface area contributed by atoms with Crippen molar-refractivity contribution in [3.05, 3.63) is 39.9 Å². The zero-order valence-corrected chi connectivity index (χ0v) is 17.7. The highest BCUT2D eigenvalue weighted by Crippen LogP contribution is 2.13. The smallest absolute Gasteiger partial charge is 0.282 e. The summed E-state index contributed by atoms with van der Waals surface area (Å²) < 4.78 is 27.8. The summed E-state index contributed by atoms with van der Waals surface area (Å²) in [5.74, 6) is -1.16. The van der Waals surface area contributed by atoms with E-state index in [1.807, 2.05) is 0 Å². The first-order valence-corrected chi connectivity index (χ1v) is 10.9. The molecule has 2 N–H and O–H groups in total. The highest BCUT2D eigenvalue weighted by molar-refractivity contribution is 7.86. The monoisotopic (exact) mass is 442 g/mol. The van der Waals surface area contributed by atoms with Crippen LogP contribution >= 0.6 is 0 Å². The molecular weight excluding hydrogens is 416 g/mol. The first kappa shape index (κ1) is 23.7. The number of nitrogens with one attached hydrogen (secondary N) is 2. The molecule has 1 saturated heterocycles. The Bertz CT molecular complexity index is 880. The number of nitro benzene ring substituents is 1. The summed E-state index contributed by atoms with van der Waals surface area (Å²) >= 11 is 0. The molecule has 12 nitrogen and oxygen atoms in total. The predicted molar refractivity (Wildman–Crippen MR) is 109 cm³/mol. The number of piperazine rings is 1. The second-order valence-electron chi connectivity index (χ2n) is 6.58. The van der Waals surface area contributed by atoms with Crippen molar-refractivity contribution in [1.82, 2.24) is 24.4 Å². The van der Waals surface area contributed by atoms with E-state index in [0.717, 1.165) is 6.07 Å². The van der Waals surface area contributed by atoms with Crippen molar-refractivity contribution in [2.24, 2.45) is 0 Å². The zero-order valence-electron chi connectivity index (χ0n) is 16.9. The average Bonchev–Trinajstić information content (AvgIpc) is 2.73. The number of benzene rings is 1. The highest BCUT2D eigenvalue weighted by Gasteiger charge is 2.31. The second kappa shape index (κ2) is 10.4. The van der Waals surface area contributed by atoms with Crippen molar-refractivity contribution < 1.29 is 22.9 Å². The van der Waals surface area contributed by atoms with Crippen molar-refractivity contribution in [2.45, 2.75) is 13.8 Å². The molecule has 1 fully saturated rings. The molecule has 1 aliphatic heterocycles. The maximum atomic E-state index is 12.5. The Morgan fingerprint density at radius 3 is 2.33 bits per heavy atom. The summed E-state index contributed by atoms with van der Waals surface area (Å²) in [7, 11) is -3.50.